The number of carbonyl (C=O) groups is 1. The van der Waals surface area contributed by atoms with Gasteiger partial charge in [0.2, 0.25) is 10.0 Å². The van der Waals surface area contributed by atoms with Crippen molar-refractivity contribution in [3.63, 3.8) is 0 Å². The summed E-state index contributed by atoms with van der Waals surface area (Å²) < 4.78 is 29.0. The maximum absolute atomic E-state index is 13.3. The third kappa shape index (κ3) is 3.90. The zero-order valence-electron chi connectivity index (χ0n) is 18.1. The molecule has 1 fully saturated rings. The zero-order valence-corrected chi connectivity index (χ0v) is 18.9. The fourth-order valence-electron chi connectivity index (χ4n) is 4.03. The molecular weight excluding hydrogens is 438 g/mol. The number of sulfonamides is 1. The van der Waals surface area contributed by atoms with Crippen LogP contribution in [0.4, 0.5) is 0 Å². The van der Waals surface area contributed by atoms with Gasteiger partial charge in [-0.15, -0.1) is 0 Å². The summed E-state index contributed by atoms with van der Waals surface area (Å²) in [5.41, 5.74) is 3.70. The predicted octanol–water partition coefficient (Wildman–Crippen LogP) is 2.85. The zero-order chi connectivity index (χ0) is 23.0. The minimum Gasteiger partial charge on any atom is -0.336 e. The Morgan fingerprint density at radius 3 is 2.30 bits per heavy atom. The third-order valence-corrected chi connectivity index (χ3v) is 7.80. The van der Waals surface area contributed by atoms with Gasteiger partial charge in [0.15, 0.2) is 5.65 Å². The third-order valence-electron chi connectivity index (χ3n) is 5.89. The van der Waals surface area contributed by atoms with Crippen molar-refractivity contribution in [3.05, 3.63) is 84.2 Å². The van der Waals surface area contributed by atoms with Crippen LogP contribution in [-0.4, -0.2) is 64.3 Å². The summed E-state index contributed by atoms with van der Waals surface area (Å²) in [5.74, 6) is -0.199. The fourth-order valence-corrected chi connectivity index (χ4v) is 5.45. The first-order valence-electron chi connectivity index (χ1n) is 10.7. The van der Waals surface area contributed by atoms with Crippen molar-refractivity contribution < 1.29 is 13.2 Å². The summed E-state index contributed by atoms with van der Waals surface area (Å²) in [6.45, 7) is 3.01. The van der Waals surface area contributed by atoms with Crippen LogP contribution in [0.3, 0.4) is 0 Å². The molecule has 0 saturated carbocycles. The van der Waals surface area contributed by atoms with Crippen LogP contribution in [0.15, 0.2) is 78.0 Å². The number of hydrogen-bond donors (Lipinski definition) is 0. The first kappa shape index (κ1) is 21.3. The molecule has 0 unspecified atom stereocenters. The van der Waals surface area contributed by atoms with E-state index in [1.807, 2.05) is 43.3 Å². The van der Waals surface area contributed by atoms with E-state index in [2.05, 4.69) is 10.1 Å². The van der Waals surface area contributed by atoms with Crippen molar-refractivity contribution in [2.45, 2.75) is 11.8 Å². The van der Waals surface area contributed by atoms with Gasteiger partial charge < -0.3 is 4.90 Å². The Morgan fingerprint density at radius 2 is 1.61 bits per heavy atom. The average Bonchev–Trinajstić information content (AvgIpc) is 3.29. The second-order valence-corrected chi connectivity index (χ2v) is 9.94. The molecule has 1 aliphatic rings. The van der Waals surface area contributed by atoms with Crippen LogP contribution in [0.5, 0.6) is 0 Å². The van der Waals surface area contributed by atoms with Crippen molar-refractivity contribution in [3.8, 4) is 11.3 Å². The predicted molar refractivity (Wildman–Crippen MR) is 124 cm³/mol. The number of rotatable bonds is 4. The van der Waals surface area contributed by atoms with Gasteiger partial charge in [0.1, 0.15) is 5.56 Å². The van der Waals surface area contributed by atoms with Crippen molar-refractivity contribution in [1.29, 1.82) is 0 Å². The summed E-state index contributed by atoms with van der Waals surface area (Å²) in [6.07, 6.45) is 3.20. The number of fused-ring (bicyclic) bond motifs is 1. The van der Waals surface area contributed by atoms with Gasteiger partial charge >= 0.3 is 0 Å². The number of aryl methyl sites for hydroxylation is 1. The molecule has 33 heavy (non-hydrogen) atoms. The molecular formula is C24H23N5O3S. The summed E-state index contributed by atoms with van der Waals surface area (Å²) in [6, 6.07) is 18.5. The minimum atomic E-state index is -3.59. The second kappa shape index (κ2) is 8.42. The molecule has 1 aliphatic heterocycles. The van der Waals surface area contributed by atoms with Gasteiger partial charge in [0.25, 0.3) is 5.91 Å². The lowest BCUT2D eigenvalue weighted by Gasteiger charge is -2.33. The van der Waals surface area contributed by atoms with Gasteiger partial charge in [-0.3, -0.25) is 4.79 Å². The molecule has 9 heteroatoms. The molecule has 1 saturated heterocycles. The summed E-state index contributed by atoms with van der Waals surface area (Å²) in [5, 5.41) is 4.41. The molecule has 2 aromatic carbocycles. The molecule has 1 amide bonds. The Hall–Kier alpha value is -3.56. The smallest absolute Gasteiger partial charge is 0.259 e. The molecule has 0 aliphatic carbocycles. The molecule has 0 atom stereocenters. The van der Waals surface area contributed by atoms with Gasteiger partial charge in [-0.1, -0.05) is 48.0 Å². The van der Waals surface area contributed by atoms with Crippen LogP contribution in [0.1, 0.15) is 15.9 Å². The summed E-state index contributed by atoms with van der Waals surface area (Å²) in [7, 11) is -3.59. The maximum atomic E-state index is 13.3. The molecule has 2 aromatic heterocycles. The Balaban J connectivity index is 1.35. The molecule has 8 nitrogen and oxygen atoms in total. The van der Waals surface area contributed by atoms with E-state index in [1.165, 1.54) is 10.5 Å². The summed E-state index contributed by atoms with van der Waals surface area (Å²) >= 11 is 0. The number of hydrogen-bond acceptors (Lipinski definition) is 5. The van der Waals surface area contributed by atoms with Gasteiger partial charge in [-0.2, -0.15) is 9.40 Å². The number of carbonyl (C=O) groups excluding carboxylic acids is 1. The van der Waals surface area contributed by atoms with Crippen LogP contribution in [-0.2, 0) is 10.0 Å². The van der Waals surface area contributed by atoms with Gasteiger partial charge in [-0.25, -0.2) is 17.9 Å². The molecule has 3 heterocycles. The van der Waals surface area contributed by atoms with Crippen LogP contribution >= 0.6 is 0 Å². The highest BCUT2D eigenvalue weighted by molar-refractivity contribution is 7.89. The molecule has 168 valence electrons. The van der Waals surface area contributed by atoms with Crippen molar-refractivity contribution in [2.24, 2.45) is 0 Å². The SMILES string of the molecule is Cc1ccc(S(=O)(=O)N2CCN(C(=O)c3cnn4c(-c5ccccc5)ccnc34)CC2)cc1. The van der Waals surface area contributed by atoms with E-state index in [4.69, 9.17) is 0 Å². The summed E-state index contributed by atoms with van der Waals surface area (Å²) in [4.78, 5) is 19.6. The Kier molecular flexibility index (Phi) is 5.43. The Bertz CT molecular complexity index is 1410. The van der Waals surface area contributed by atoms with Crippen molar-refractivity contribution >= 4 is 21.6 Å². The van der Waals surface area contributed by atoms with Crippen molar-refractivity contribution in [1.82, 2.24) is 23.8 Å². The second-order valence-electron chi connectivity index (χ2n) is 8.00. The highest BCUT2D eigenvalue weighted by Gasteiger charge is 2.31. The monoisotopic (exact) mass is 461 g/mol. The maximum Gasteiger partial charge on any atom is 0.259 e. The molecule has 0 bridgehead atoms. The largest absolute Gasteiger partial charge is 0.336 e. The highest BCUT2D eigenvalue weighted by Crippen LogP contribution is 2.23. The van der Waals surface area contributed by atoms with Crippen LogP contribution in [0.2, 0.25) is 0 Å². The van der Waals surface area contributed by atoms with Crippen LogP contribution in [0, 0.1) is 6.92 Å². The van der Waals surface area contributed by atoms with Crippen molar-refractivity contribution in [2.75, 3.05) is 26.2 Å². The normalized spacial score (nSPS) is 15.1. The van der Waals surface area contributed by atoms with E-state index < -0.39 is 10.0 Å². The first-order valence-corrected chi connectivity index (χ1v) is 12.1. The van der Waals surface area contributed by atoms with E-state index in [9.17, 15) is 13.2 Å². The number of piperazine rings is 1. The Morgan fingerprint density at radius 1 is 0.909 bits per heavy atom. The van der Waals surface area contributed by atoms with E-state index >= 15 is 0 Å². The van der Waals surface area contributed by atoms with E-state index in [0.29, 0.717) is 24.3 Å². The number of amides is 1. The lowest BCUT2D eigenvalue weighted by molar-refractivity contribution is 0.0699. The number of aromatic nitrogens is 3. The number of nitrogens with zero attached hydrogens (tertiary/aromatic N) is 5. The van der Waals surface area contributed by atoms with Gasteiger partial charge in [-0.05, 0) is 25.1 Å². The molecule has 0 radical (unpaired) electrons. The van der Waals surface area contributed by atoms with E-state index in [0.717, 1.165) is 16.8 Å². The Labute approximate surface area is 192 Å². The van der Waals surface area contributed by atoms with Gasteiger partial charge in [0, 0.05) is 37.9 Å². The topological polar surface area (TPSA) is 87.9 Å². The molecule has 0 N–H and O–H groups in total. The molecule has 5 rings (SSSR count). The molecule has 4 aromatic rings. The van der Waals surface area contributed by atoms with E-state index in [-0.39, 0.29) is 23.9 Å². The fraction of sp³-hybridized carbons (Fsp3) is 0.208. The van der Waals surface area contributed by atoms with Crippen LogP contribution in [0.25, 0.3) is 16.9 Å². The quantitative estimate of drug-likeness (QED) is 0.466. The standard InChI is InChI=1S/C24H23N5O3S/c1-18-7-9-20(10-8-18)33(31,32)28-15-13-27(14-16-28)24(30)21-17-26-29-22(11-12-25-23(21)29)19-5-3-2-4-6-19/h2-12,17H,13-16H2,1H3. The average molecular weight is 462 g/mol. The number of benzene rings is 2. The highest BCUT2D eigenvalue weighted by atomic mass is 32.2. The van der Waals surface area contributed by atoms with Gasteiger partial charge in [0.05, 0.1) is 16.8 Å². The lowest BCUT2D eigenvalue weighted by atomic mass is 10.1. The molecule has 0 spiro atoms. The minimum absolute atomic E-state index is 0.199. The van der Waals surface area contributed by atoms with Crippen LogP contribution < -0.4 is 0 Å². The van der Waals surface area contributed by atoms with E-state index in [1.54, 1.807) is 39.9 Å². The first-order chi connectivity index (χ1) is 15.9. The lowest BCUT2D eigenvalue weighted by Crippen LogP contribution is -2.50.